The Morgan fingerprint density at radius 3 is 0.821 bits per heavy atom. The van der Waals surface area contributed by atoms with E-state index in [0.717, 1.165) is 0 Å². The summed E-state index contributed by atoms with van der Waals surface area (Å²) in [5.74, 6) is 0. The van der Waals surface area contributed by atoms with E-state index in [1.54, 1.807) is 0 Å². The lowest BCUT2D eigenvalue weighted by molar-refractivity contribution is -0.396. The molecule has 0 amide bonds. The number of rotatable bonds is 16. The second-order valence-corrected chi connectivity index (χ2v) is 16.8. The van der Waals surface area contributed by atoms with E-state index in [1.165, 1.54) is 0 Å². The van der Waals surface area contributed by atoms with Crippen molar-refractivity contribution in [2.75, 3.05) is 39.6 Å². The monoisotopic (exact) mass is 990 g/mol. The number of aliphatic hydroxyl groups is 20. The van der Waals surface area contributed by atoms with Gasteiger partial charge in [-0.2, -0.15) is 0 Å². The molecule has 0 bridgehead atoms. The quantitative estimate of drug-likeness (QED) is 0.0683. The molecule has 31 heteroatoms. The molecular formula is C36H62O31. The molecule has 6 rings (SSSR count). The first-order valence-corrected chi connectivity index (χ1v) is 21.1. The minimum Gasteiger partial charge on any atom is -0.394 e. The lowest BCUT2D eigenvalue weighted by Crippen LogP contribution is -2.68. The van der Waals surface area contributed by atoms with Crippen LogP contribution in [0.2, 0.25) is 0 Å². The molecule has 6 aliphatic heterocycles. The van der Waals surface area contributed by atoms with E-state index >= 15 is 0 Å². The van der Waals surface area contributed by atoms with Gasteiger partial charge in [-0.25, -0.2) is 0 Å². The van der Waals surface area contributed by atoms with Gasteiger partial charge in [-0.15, -0.1) is 0 Å². The highest BCUT2D eigenvalue weighted by Gasteiger charge is 2.57. The van der Waals surface area contributed by atoms with Gasteiger partial charge in [-0.1, -0.05) is 0 Å². The minimum absolute atomic E-state index is 0.832. The topological polar surface area (TPSA) is 506 Å². The van der Waals surface area contributed by atoms with Crippen LogP contribution in [-0.2, 0) is 52.1 Å². The van der Waals surface area contributed by atoms with E-state index in [9.17, 15) is 102 Å². The smallest absolute Gasteiger partial charge is 0.187 e. The molecule has 0 aromatic carbocycles. The first-order chi connectivity index (χ1) is 31.8. The molecule has 31 nitrogen and oxygen atoms in total. The van der Waals surface area contributed by atoms with Crippen LogP contribution in [0, 0.1) is 0 Å². The van der Waals surface area contributed by atoms with Gasteiger partial charge in [0.2, 0.25) is 0 Å². The van der Waals surface area contributed by atoms with Crippen LogP contribution < -0.4 is 0 Å². The maximum absolute atomic E-state index is 11.4. The van der Waals surface area contributed by atoms with Crippen molar-refractivity contribution in [1.82, 2.24) is 0 Å². The van der Waals surface area contributed by atoms with E-state index in [-0.39, 0.29) is 0 Å². The Morgan fingerprint density at radius 2 is 0.478 bits per heavy atom. The largest absolute Gasteiger partial charge is 0.394 e. The predicted octanol–water partition coefficient (Wildman–Crippen LogP) is -14.1. The van der Waals surface area contributed by atoms with Crippen LogP contribution in [0.15, 0.2) is 0 Å². The van der Waals surface area contributed by atoms with Gasteiger partial charge in [0.15, 0.2) is 37.7 Å². The van der Waals surface area contributed by atoms with Crippen molar-refractivity contribution >= 4 is 0 Å². The van der Waals surface area contributed by atoms with Gasteiger partial charge in [0.05, 0.1) is 39.6 Å². The molecule has 0 aliphatic carbocycles. The van der Waals surface area contributed by atoms with Crippen molar-refractivity contribution in [2.45, 2.75) is 184 Å². The zero-order chi connectivity index (χ0) is 49.3. The first kappa shape index (κ1) is 55.1. The summed E-state index contributed by atoms with van der Waals surface area (Å²) >= 11 is 0. The molecule has 0 radical (unpaired) electrons. The Labute approximate surface area is 378 Å². The maximum Gasteiger partial charge on any atom is 0.187 e. The summed E-state index contributed by atoms with van der Waals surface area (Å²) in [5, 5.41) is 210. The maximum atomic E-state index is 11.4. The average molecular weight is 991 g/mol. The predicted molar refractivity (Wildman–Crippen MR) is 199 cm³/mol. The van der Waals surface area contributed by atoms with Crippen LogP contribution in [0.25, 0.3) is 0 Å². The number of hydrogen-bond donors (Lipinski definition) is 20. The van der Waals surface area contributed by atoms with Crippen molar-refractivity contribution in [3.8, 4) is 0 Å². The standard InChI is InChI=1S/C36H62O31/c37-1-7-13(43)16(46)20(50)32(58-7)63-26-10(4-40)62-35(23(53)19(26)49)67-30-15(45)9(3-39)59-36(25(30)55)65-28-12(6-42)60-33(21(51)17(28)47)64-27-11(5-41)61-34(22(52)18(27)48)66-29-14(44)8(2-38)57-31(56)24(29)54/h7-56H,1-6H2. The van der Waals surface area contributed by atoms with E-state index in [1.807, 2.05) is 0 Å². The Kier molecular flexibility index (Phi) is 19.4. The zero-order valence-electron chi connectivity index (χ0n) is 35.0. The summed E-state index contributed by atoms with van der Waals surface area (Å²) in [6, 6.07) is 0. The number of ether oxygens (including phenoxy) is 11. The third kappa shape index (κ3) is 11.2. The molecule has 30 atom stereocenters. The Balaban J connectivity index is 1.10. The van der Waals surface area contributed by atoms with Gasteiger partial charge >= 0.3 is 0 Å². The van der Waals surface area contributed by atoms with Gasteiger partial charge in [-0.05, 0) is 0 Å². The zero-order valence-corrected chi connectivity index (χ0v) is 35.0. The normalized spacial score (nSPS) is 53.4. The molecular weight excluding hydrogens is 928 g/mol. The van der Waals surface area contributed by atoms with Gasteiger partial charge in [0.1, 0.15) is 146 Å². The fourth-order valence-electron chi connectivity index (χ4n) is 8.51. The van der Waals surface area contributed by atoms with E-state index in [4.69, 9.17) is 52.1 Å². The van der Waals surface area contributed by atoms with Crippen LogP contribution in [-0.4, -0.2) is 326 Å². The number of hydrogen-bond acceptors (Lipinski definition) is 31. The van der Waals surface area contributed by atoms with Crippen molar-refractivity contribution in [2.24, 2.45) is 0 Å². The Hall–Kier alpha value is -1.24. The van der Waals surface area contributed by atoms with Crippen molar-refractivity contribution in [3.63, 3.8) is 0 Å². The van der Waals surface area contributed by atoms with Gasteiger partial charge < -0.3 is 154 Å². The molecule has 67 heavy (non-hydrogen) atoms. The van der Waals surface area contributed by atoms with E-state index in [2.05, 4.69) is 0 Å². The van der Waals surface area contributed by atoms with Gasteiger partial charge in [-0.3, -0.25) is 0 Å². The lowest BCUT2D eigenvalue weighted by Gasteiger charge is -2.50. The summed E-state index contributed by atoms with van der Waals surface area (Å²) in [5.41, 5.74) is 0. The summed E-state index contributed by atoms with van der Waals surface area (Å²) in [6.07, 6.45) is -57.1. The fraction of sp³-hybridized carbons (Fsp3) is 1.00. The average Bonchev–Trinajstić information content (AvgIpc) is 3.32. The first-order valence-electron chi connectivity index (χ1n) is 21.1. The molecule has 0 saturated carbocycles. The molecule has 30 unspecified atom stereocenters. The summed E-state index contributed by atoms with van der Waals surface area (Å²) < 4.78 is 60.3. The third-order valence-electron chi connectivity index (χ3n) is 12.4. The van der Waals surface area contributed by atoms with Crippen LogP contribution in [0.5, 0.6) is 0 Å². The van der Waals surface area contributed by atoms with Gasteiger partial charge in [0.25, 0.3) is 0 Å². The second-order valence-electron chi connectivity index (χ2n) is 16.8. The fourth-order valence-corrected chi connectivity index (χ4v) is 8.51. The number of aliphatic hydroxyl groups excluding tert-OH is 20. The SMILES string of the molecule is OCC1OC(OC2C(CO)OC(OC3C(O)C(CO)OC(OC4C(CO)OC(OC5C(CO)OC(OC6C(O)C(O)OC(CO)C6O)C(O)C5O)C(O)C4O)C3O)C(O)C2O)C(O)C(O)C1O. The highest BCUT2D eigenvalue weighted by molar-refractivity contribution is 5.00. The third-order valence-corrected chi connectivity index (χ3v) is 12.4. The molecule has 6 fully saturated rings. The summed E-state index contributed by atoms with van der Waals surface area (Å²) in [4.78, 5) is 0. The minimum atomic E-state index is -2.19. The molecule has 6 aliphatic rings. The molecule has 0 spiro atoms. The molecule has 6 saturated heterocycles. The molecule has 392 valence electrons. The Bertz CT molecular complexity index is 1500. The van der Waals surface area contributed by atoms with E-state index in [0.29, 0.717) is 0 Å². The lowest BCUT2D eigenvalue weighted by atomic mass is 9.95. The van der Waals surface area contributed by atoms with Crippen LogP contribution >= 0.6 is 0 Å². The van der Waals surface area contributed by atoms with Crippen LogP contribution in [0.3, 0.4) is 0 Å². The van der Waals surface area contributed by atoms with Crippen molar-refractivity contribution in [1.29, 1.82) is 0 Å². The molecule has 0 aromatic rings. The summed E-state index contributed by atoms with van der Waals surface area (Å²) in [6.45, 7) is -5.69. The Morgan fingerprint density at radius 1 is 0.224 bits per heavy atom. The van der Waals surface area contributed by atoms with Crippen molar-refractivity contribution < 1.29 is 154 Å². The van der Waals surface area contributed by atoms with Crippen LogP contribution in [0.1, 0.15) is 0 Å². The molecule has 20 N–H and O–H groups in total. The highest BCUT2D eigenvalue weighted by Crippen LogP contribution is 2.36. The summed E-state index contributed by atoms with van der Waals surface area (Å²) in [7, 11) is 0. The van der Waals surface area contributed by atoms with Crippen molar-refractivity contribution in [3.05, 3.63) is 0 Å². The highest BCUT2D eigenvalue weighted by atomic mass is 16.8. The second kappa shape index (κ2) is 23.5. The van der Waals surface area contributed by atoms with E-state index < -0.39 is 224 Å². The molecule has 6 heterocycles. The van der Waals surface area contributed by atoms with Gasteiger partial charge in [0, 0.05) is 0 Å². The van der Waals surface area contributed by atoms with Crippen LogP contribution in [0.4, 0.5) is 0 Å². The molecule has 0 aromatic heterocycles.